The molecule has 0 radical (unpaired) electrons. The van der Waals surface area contributed by atoms with Crippen LogP contribution < -0.4 is 10.1 Å². The summed E-state index contributed by atoms with van der Waals surface area (Å²) in [5, 5.41) is 2.89. The fourth-order valence-electron chi connectivity index (χ4n) is 3.16. The summed E-state index contributed by atoms with van der Waals surface area (Å²) in [6, 6.07) is 15.5. The summed E-state index contributed by atoms with van der Waals surface area (Å²) < 4.78 is 13.2. The molecule has 6 heteroatoms. The zero-order chi connectivity index (χ0) is 18.8. The maximum atomic E-state index is 12.6. The van der Waals surface area contributed by atoms with Gasteiger partial charge in [-0.3, -0.25) is 4.79 Å². The van der Waals surface area contributed by atoms with Crippen molar-refractivity contribution in [3.8, 4) is 5.75 Å². The molecular formula is C21H21N3O3. The van der Waals surface area contributed by atoms with Crippen LogP contribution in [-0.4, -0.2) is 22.6 Å². The molecule has 0 spiro atoms. The highest BCUT2D eigenvalue weighted by atomic mass is 16.5. The van der Waals surface area contributed by atoms with Crippen molar-refractivity contribution in [2.24, 2.45) is 0 Å². The van der Waals surface area contributed by atoms with Gasteiger partial charge in [-0.15, -0.1) is 0 Å². The molecule has 1 aliphatic heterocycles. The second-order valence-corrected chi connectivity index (χ2v) is 6.59. The van der Waals surface area contributed by atoms with E-state index in [0.717, 1.165) is 28.3 Å². The molecule has 3 aromatic rings. The highest BCUT2D eigenvalue weighted by molar-refractivity contribution is 6.03. The first kappa shape index (κ1) is 17.3. The lowest BCUT2D eigenvalue weighted by atomic mass is 10.1. The molecule has 1 aliphatic rings. The van der Waals surface area contributed by atoms with Gasteiger partial charge in [0.05, 0.1) is 32.3 Å². The Morgan fingerprint density at radius 3 is 2.63 bits per heavy atom. The van der Waals surface area contributed by atoms with Crippen LogP contribution in [0.2, 0.25) is 0 Å². The molecule has 0 saturated carbocycles. The van der Waals surface area contributed by atoms with Crippen LogP contribution in [0.3, 0.4) is 0 Å². The topological polar surface area (TPSA) is 65.4 Å². The summed E-state index contributed by atoms with van der Waals surface area (Å²) in [6.45, 7) is 2.97. The number of hydrogen-bond donors (Lipinski definition) is 1. The first-order valence-corrected chi connectivity index (χ1v) is 8.81. The second kappa shape index (κ2) is 7.25. The number of amides is 1. The highest BCUT2D eigenvalue weighted by Crippen LogP contribution is 2.29. The van der Waals surface area contributed by atoms with E-state index in [1.54, 1.807) is 13.4 Å². The number of nitrogens with zero attached hydrogens (tertiary/aromatic N) is 2. The van der Waals surface area contributed by atoms with Gasteiger partial charge >= 0.3 is 0 Å². The number of anilines is 1. The molecular weight excluding hydrogens is 342 g/mol. The zero-order valence-electron chi connectivity index (χ0n) is 15.3. The molecule has 0 fully saturated rings. The molecule has 2 aromatic carbocycles. The minimum atomic E-state index is -0.223. The van der Waals surface area contributed by atoms with Crippen LogP contribution in [0.4, 0.5) is 5.69 Å². The van der Waals surface area contributed by atoms with Crippen molar-refractivity contribution in [2.45, 2.75) is 26.2 Å². The Kier molecular flexibility index (Phi) is 4.64. The number of nitrogens with one attached hydrogen (secondary N) is 1. The van der Waals surface area contributed by atoms with E-state index in [1.807, 2.05) is 60.0 Å². The maximum Gasteiger partial charge on any atom is 0.276 e. The Balaban J connectivity index is 1.49. The third-order valence-corrected chi connectivity index (χ3v) is 4.74. The van der Waals surface area contributed by atoms with E-state index in [2.05, 4.69) is 10.3 Å². The summed E-state index contributed by atoms with van der Waals surface area (Å²) in [7, 11) is 1.65. The number of benzene rings is 2. The Morgan fingerprint density at radius 1 is 1.19 bits per heavy atom. The third kappa shape index (κ3) is 3.57. The number of fused-ring (bicyclic) bond motifs is 1. The van der Waals surface area contributed by atoms with Gasteiger partial charge in [-0.05, 0) is 36.8 Å². The quantitative estimate of drug-likeness (QED) is 0.767. The third-order valence-electron chi connectivity index (χ3n) is 4.74. The summed E-state index contributed by atoms with van der Waals surface area (Å²) in [5.41, 5.74) is 4.17. The molecule has 4 rings (SSSR count). The Morgan fingerprint density at radius 2 is 1.93 bits per heavy atom. The number of aryl methyl sites for hydroxylation is 1. The summed E-state index contributed by atoms with van der Waals surface area (Å²) >= 11 is 0. The van der Waals surface area contributed by atoms with E-state index < -0.39 is 0 Å². The van der Waals surface area contributed by atoms with E-state index in [1.165, 1.54) is 0 Å². The number of aromatic nitrogens is 2. The lowest BCUT2D eigenvalue weighted by Gasteiger charge is -2.25. The fraction of sp³-hybridized carbons (Fsp3) is 0.238. The number of ether oxygens (including phenoxy) is 2. The van der Waals surface area contributed by atoms with Gasteiger partial charge in [0.15, 0.2) is 5.69 Å². The summed E-state index contributed by atoms with van der Waals surface area (Å²) in [4.78, 5) is 16.9. The first-order valence-electron chi connectivity index (χ1n) is 8.81. The van der Waals surface area contributed by atoms with E-state index in [0.29, 0.717) is 18.8 Å². The molecule has 1 atom stereocenters. The normalized spacial score (nSPS) is 15.9. The van der Waals surface area contributed by atoms with Crippen molar-refractivity contribution < 1.29 is 14.3 Å². The van der Waals surface area contributed by atoms with Crippen LogP contribution in [0.5, 0.6) is 5.75 Å². The molecule has 27 heavy (non-hydrogen) atoms. The van der Waals surface area contributed by atoms with Crippen LogP contribution in [0.25, 0.3) is 0 Å². The van der Waals surface area contributed by atoms with Crippen molar-refractivity contribution in [2.75, 3.05) is 12.4 Å². The van der Waals surface area contributed by atoms with Crippen LogP contribution >= 0.6 is 0 Å². The summed E-state index contributed by atoms with van der Waals surface area (Å²) in [5.74, 6) is 0.590. The van der Waals surface area contributed by atoms with E-state index in [4.69, 9.17) is 9.47 Å². The number of hydrogen-bond acceptors (Lipinski definition) is 4. The van der Waals surface area contributed by atoms with Crippen LogP contribution in [-0.2, 0) is 17.9 Å². The van der Waals surface area contributed by atoms with Crippen molar-refractivity contribution in [3.05, 3.63) is 77.4 Å². The Bertz CT molecular complexity index is 946. The smallest absolute Gasteiger partial charge is 0.276 e. The number of carbonyl (C=O) groups excluding carboxylic acids is 1. The Labute approximate surface area is 157 Å². The molecule has 1 N–H and O–H groups in total. The van der Waals surface area contributed by atoms with Crippen molar-refractivity contribution in [1.82, 2.24) is 9.55 Å². The average Bonchev–Trinajstić information content (AvgIpc) is 3.13. The largest absolute Gasteiger partial charge is 0.497 e. The molecule has 2 heterocycles. The van der Waals surface area contributed by atoms with Crippen LogP contribution in [0.1, 0.15) is 33.4 Å². The first-order chi connectivity index (χ1) is 13.1. The molecule has 6 nitrogen and oxygen atoms in total. The zero-order valence-corrected chi connectivity index (χ0v) is 15.3. The van der Waals surface area contributed by atoms with Gasteiger partial charge in [0.1, 0.15) is 11.9 Å². The fourth-order valence-corrected chi connectivity index (χ4v) is 3.16. The predicted molar refractivity (Wildman–Crippen MR) is 102 cm³/mol. The van der Waals surface area contributed by atoms with Gasteiger partial charge in [-0.25, -0.2) is 4.98 Å². The SMILES string of the molecule is COc1ccc([C@@H]2Cn3cnc(C(=O)Nc4ccc(C)cc4)c3CO2)cc1. The van der Waals surface area contributed by atoms with Gasteiger partial charge < -0.3 is 19.4 Å². The number of imidazole rings is 1. The minimum Gasteiger partial charge on any atom is -0.497 e. The molecule has 138 valence electrons. The average molecular weight is 363 g/mol. The van der Waals surface area contributed by atoms with Gasteiger partial charge in [0.25, 0.3) is 5.91 Å². The van der Waals surface area contributed by atoms with Gasteiger partial charge in [-0.2, -0.15) is 0 Å². The lowest BCUT2D eigenvalue weighted by molar-refractivity contribution is 0.00263. The monoisotopic (exact) mass is 363 g/mol. The van der Waals surface area contributed by atoms with Crippen molar-refractivity contribution in [1.29, 1.82) is 0 Å². The number of rotatable bonds is 4. The van der Waals surface area contributed by atoms with Gasteiger partial charge in [-0.1, -0.05) is 29.8 Å². The van der Waals surface area contributed by atoms with E-state index in [9.17, 15) is 4.79 Å². The molecule has 1 aromatic heterocycles. The van der Waals surface area contributed by atoms with Crippen molar-refractivity contribution >= 4 is 11.6 Å². The molecule has 1 amide bonds. The molecule has 0 unspecified atom stereocenters. The standard InChI is InChI=1S/C21H21N3O3/c1-14-3-7-16(8-4-14)23-21(25)20-18-12-27-19(11-24(18)13-22-20)15-5-9-17(26-2)10-6-15/h3-10,13,19H,11-12H2,1-2H3,(H,23,25)/t19-/m0/s1. The molecule has 0 aliphatic carbocycles. The lowest BCUT2D eigenvalue weighted by Crippen LogP contribution is -2.23. The van der Waals surface area contributed by atoms with Crippen molar-refractivity contribution in [3.63, 3.8) is 0 Å². The molecule has 0 bridgehead atoms. The van der Waals surface area contributed by atoms with Crippen LogP contribution in [0, 0.1) is 6.92 Å². The van der Waals surface area contributed by atoms with E-state index >= 15 is 0 Å². The van der Waals surface area contributed by atoms with Crippen LogP contribution in [0.15, 0.2) is 54.9 Å². The maximum absolute atomic E-state index is 12.6. The Hall–Kier alpha value is -3.12. The highest BCUT2D eigenvalue weighted by Gasteiger charge is 2.26. The summed E-state index contributed by atoms with van der Waals surface area (Å²) in [6.07, 6.45) is 1.63. The predicted octanol–water partition coefficient (Wildman–Crippen LogP) is 3.72. The van der Waals surface area contributed by atoms with Gasteiger partial charge in [0, 0.05) is 5.69 Å². The molecule has 0 saturated heterocycles. The number of methoxy groups -OCH3 is 1. The van der Waals surface area contributed by atoms with Gasteiger partial charge in [0.2, 0.25) is 0 Å². The number of carbonyl (C=O) groups is 1. The minimum absolute atomic E-state index is 0.0781. The second-order valence-electron chi connectivity index (χ2n) is 6.59. The van der Waals surface area contributed by atoms with E-state index in [-0.39, 0.29) is 12.0 Å².